The van der Waals surface area contributed by atoms with Gasteiger partial charge in [-0.2, -0.15) is 0 Å². The van der Waals surface area contributed by atoms with Gasteiger partial charge >= 0.3 is 0 Å². The molecule has 0 aliphatic carbocycles. The van der Waals surface area contributed by atoms with Crippen LogP contribution in [0.25, 0.3) is 0 Å². The molecule has 3 N–H and O–H groups in total. The molecule has 0 spiro atoms. The van der Waals surface area contributed by atoms with E-state index < -0.39 is 6.04 Å². The van der Waals surface area contributed by atoms with Crippen molar-refractivity contribution in [3.8, 4) is 0 Å². The maximum Gasteiger partial charge on any atom is 0.242 e. The number of carbonyl (C=O) groups excluding carboxylic acids is 2. The molecule has 0 saturated carbocycles. The number of hydrogen-bond donors (Lipinski definition) is 3. The van der Waals surface area contributed by atoms with Gasteiger partial charge in [0.25, 0.3) is 0 Å². The van der Waals surface area contributed by atoms with Gasteiger partial charge in [0.15, 0.2) is 0 Å². The number of rotatable bonds is 4. The zero-order chi connectivity index (χ0) is 9.56. The Morgan fingerprint density at radius 1 is 1.50 bits per heavy atom. The van der Waals surface area contributed by atoms with Crippen LogP contribution in [0.15, 0.2) is 0 Å². The fourth-order valence-electron chi connectivity index (χ4n) is 0.703. The third kappa shape index (κ3) is 4.68. The van der Waals surface area contributed by atoms with E-state index in [1.54, 1.807) is 6.92 Å². The standard InChI is InChI=1S/C7H14N2O3/c1-5(9-6(2)11)7(12)8-3-4-10/h5,10H,3-4H2,1-2H3,(H,8,12)(H,9,11). The van der Waals surface area contributed by atoms with Crippen LogP contribution in [0.3, 0.4) is 0 Å². The summed E-state index contributed by atoms with van der Waals surface area (Å²) in [5.41, 5.74) is 0. The molecule has 0 fully saturated rings. The SMILES string of the molecule is CC(=O)NC(C)C(=O)NCCO. The summed E-state index contributed by atoms with van der Waals surface area (Å²) in [6.07, 6.45) is 0. The lowest BCUT2D eigenvalue weighted by atomic mass is 10.3. The zero-order valence-corrected chi connectivity index (χ0v) is 7.26. The molecule has 70 valence electrons. The van der Waals surface area contributed by atoms with Crippen molar-refractivity contribution in [3.63, 3.8) is 0 Å². The van der Waals surface area contributed by atoms with Gasteiger partial charge in [0.05, 0.1) is 6.61 Å². The Labute approximate surface area is 71.1 Å². The predicted octanol–water partition coefficient (Wildman–Crippen LogP) is -1.38. The molecule has 0 aliphatic rings. The Kier molecular flexibility index (Phi) is 5.03. The second kappa shape index (κ2) is 5.54. The van der Waals surface area contributed by atoms with Gasteiger partial charge in [-0.1, -0.05) is 0 Å². The lowest BCUT2D eigenvalue weighted by Crippen LogP contribution is -2.44. The van der Waals surface area contributed by atoms with Crippen LogP contribution in [-0.4, -0.2) is 36.1 Å². The molecule has 0 aromatic rings. The molecule has 5 heteroatoms. The van der Waals surface area contributed by atoms with Crippen LogP contribution in [0.1, 0.15) is 13.8 Å². The molecule has 0 aromatic heterocycles. The summed E-state index contributed by atoms with van der Waals surface area (Å²) >= 11 is 0. The van der Waals surface area contributed by atoms with Crippen LogP contribution < -0.4 is 10.6 Å². The maximum atomic E-state index is 11.0. The quantitative estimate of drug-likeness (QED) is 0.491. The Morgan fingerprint density at radius 3 is 2.50 bits per heavy atom. The van der Waals surface area contributed by atoms with Gasteiger partial charge in [-0.3, -0.25) is 9.59 Å². The fourth-order valence-corrected chi connectivity index (χ4v) is 0.703. The molecule has 5 nitrogen and oxygen atoms in total. The molecule has 0 rings (SSSR count). The Morgan fingerprint density at radius 2 is 2.08 bits per heavy atom. The first-order valence-electron chi connectivity index (χ1n) is 3.73. The minimum absolute atomic E-state index is 0.0987. The molecule has 1 unspecified atom stereocenters. The van der Waals surface area contributed by atoms with E-state index in [0.717, 1.165) is 0 Å². The molecule has 12 heavy (non-hydrogen) atoms. The first kappa shape index (κ1) is 10.9. The van der Waals surface area contributed by atoms with Crippen molar-refractivity contribution >= 4 is 11.8 Å². The maximum absolute atomic E-state index is 11.0. The second-order valence-corrected chi connectivity index (χ2v) is 2.44. The van der Waals surface area contributed by atoms with Gasteiger partial charge < -0.3 is 15.7 Å². The topological polar surface area (TPSA) is 78.4 Å². The smallest absolute Gasteiger partial charge is 0.242 e. The van der Waals surface area contributed by atoms with Crippen LogP contribution in [0.5, 0.6) is 0 Å². The van der Waals surface area contributed by atoms with Gasteiger partial charge in [0.2, 0.25) is 11.8 Å². The Bertz CT molecular complexity index is 170. The van der Waals surface area contributed by atoms with E-state index in [-0.39, 0.29) is 25.0 Å². The van der Waals surface area contributed by atoms with E-state index in [0.29, 0.717) is 0 Å². The molecular formula is C7H14N2O3. The van der Waals surface area contributed by atoms with Crippen molar-refractivity contribution in [2.45, 2.75) is 19.9 Å². The summed E-state index contributed by atoms with van der Waals surface area (Å²) in [5.74, 6) is -0.541. The Hall–Kier alpha value is -1.10. The van der Waals surface area contributed by atoms with E-state index in [4.69, 9.17) is 5.11 Å². The molecule has 1 atom stereocenters. The third-order valence-electron chi connectivity index (χ3n) is 1.22. The zero-order valence-electron chi connectivity index (χ0n) is 7.26. The molecule has 0 aromatic carbocycles. The lowest BCUT2D eigenvalue weighted by Gasteiger charge is -2.11. The summed E-state index contributed by atoms with van der Waals surface area (Å²) < 4.78 is 0. The lowest BCUT2D eigenvalue weighted by molar-refractivity contribution is -0.127. The van der Waals surface area contributed by atoms with Gasteiger partial charge in [0, 0.05) is 13.5 Å². The molecule has 0 saturated heterocycles. The van der Waals surface area contributed by atoms with Crippen LogP contribution in [0, 0.1) is 0 Å². The summed E-state index contributed by atoms with van der Waals surface area (Å²) in [7, 11) is 0. The van der Waals surface area contributed by atoms with Gasteiger partial charge in [-0.05, 0) is 6.92 Å². The van der Waals surface area contributed by atoms with Crippen molar-refractivity contribution in [1.82, 2.24) is 10.6 Å². The van der Waals surface area contributed by atoms with Gasteiger partial charge in [-0.15, -0.1) is 0 Å². The predicted molar refractivity (Wildman–Crippen MR) is 43.4 cm³/mol. The summed E-state index contributed by atoms with van der Waals surface area (Å²) in [6, 6.07) is -0.547. The number of amides is 2. The molecule has 2 amide bonds. The molecule has 0 heterocycles. The van der Waals surface area contributed by atoms with Crippen LogP contribution in [-0.2, 0) is 9.59 Å². The first-order valence-corrected chi connectivity index (χ1v) is 3.73. The average Bonchev–Trinajstić information content (AvgIpc) is 1.98. The van der Waals surface area contributed by atoms with E-state index in [1.165, 1.54) is 6.92 Å². The minimum Gasteiger partial charge on any atom is -0.395 e. The van der Waals surface area contributed by atoms with E-state index in [2.05, 4.69) is 10.6 Å². The van der Waals surface area contributed by atoms with Crippen LogP contribution in [0.4, 0.5) is 0 Å². The van der Waals surface area contributed by atoms with Crippen LogP contribution >= 0.6 is 0 Å². The van der Waals surface area contributed by atoms with Crippen molar-refractivity contribution in [3.05, 3.63) is 0 Å². The Balaban J connectivity index is 3.69. The molecule has 0 bridgehead atoms. The summed E-state index contributed by atoms with van der Waals surface area (Å²) in [5, 5.41) is 13.2. The van der Waals surface area contributed by atoms with E-state index >= 15 is 0 Å². The van der Waals surface area contributed by atoms with E-state index in [9.17, 15) is 9.59 Å². The highest BCUT2D eigenvalue weighted by Gasteiger charge is 2.11. The van der Waals surface area contributed by atoms with Crippen molar-refractivity contribution in [2.24, 2.45) is 0 Å². The van der Waals surface area contributed by atoms with E-state index in [1.807, 2.05) is 0 Å². The summed E-state index contributed by atoms with van der Waals surface area (Å²) in [6.45, 7) is 3.03. The number of aliphatic hydroxyl groups excluding tert-OH is 1. The molecule has 0 aliphatic heterocycles. The molecular weight excluding hydrogens is 160 g/mol. The largest absolute Gasteiger partial charge is 0.395 e. The highest BCUT2D eigenvalue weighted by atomic mass is 16.3. The number of nitrogens with one attached hydrogen (secondary N) is 2. The summed E-state index contributed by atoms with van der Waals surface area (Å²) in [4.78, 5) is 21.5. The molecule has 0 radical (unpaired) electrons. The number of carbonyl (C=O) groups is 2. The average molecular weight is 174 g/mol. The highest BCUT2D eigenvalue weighted by Crippen LogP contribution is 1.80. The highest BCUT2D eigenvalue weighted by molar-refractivity contribution is 5.86. The number of hydrogen-bond acceptors (Lipinski definition) is 3. The van der Waals surface area contributed by atoms with Gasteiger partial charge in [-0.25, -0.2) is 0 Å². The van der Waals surface area contributed by atoms with Crippen molar-refractivity contribution in [2.75, 3.05) is 13.2 Å². The monoisotopic (exact) mass is 174 g/mol. The first-order chi connectivity index (χ1) is 5.57. The second-order valence-electron chi connectivity index (χ2n) is 2.44. The van der Waals surface area contributed by atoms with Crippen molar-refractivity contribution in [1.29, 1.82) is 0 Å². The minimum atomic E-state index is -0.547. The van der Waals surface area contributed by atoms with Crippen molar-refractivity contribution < 1.29 is 14.7 Å². The number of aliphatic hydroxyl groups is 1. The van der Waals surface area contributed by atoms with Gasteiger partial charge in [0.1, 0.15) is 6.04 Å². The van der Waals surface area contributed by atoms with Crippen LogP contribution in [0.2, 0.25) is 0 Å². The normalized spacial score (nSPS) is 11.9. The third-order valence-corrected chi connectivity index (χ3v) is 1.22. The fraction of sp³-hybridized carbons (Fsp3) is 0.714.